The van der Waals surface area contributed by atoms with Crippen LogP contribution in [0, 0.1) is 12.7 Å². The quantitative estimate of drug-likeness (QED) is 0.359. The maximum Gasteiger partial charge on any atom is 0.339 e. The average Bonchev–Trinajstić information content (AvgIpc) is 3.27. The number of benzene rings is 2. The first-order chi connectivity index (χ1) is 17.3. The standard InChI is InChI=1S/C25H22FN3O7/c1-13-22-17(11-18(28-24(22)36-29-13)14-5-7-15(26)8-6-14)25(31)35-12-21(30)27-16-9-19(32-2)23(34-4)20(10-16)33-3/h5-11H,12H2,1-4H3,(H,27,30). The third kappa shape index (κ3) is 4.90. The van der Waals surface area contributed by atoms with E-state index in [1.807, 2.05) is 0 Å². The molecule has 11 heteroatoms. The van der Waals surface area contributed by atoms with Gasteiger partial charge in [-0.25, -0.2) is 14.2 Å². The molecule has 0 saturated heterocycles. The lowest BCUT2D eigenvalue weighted by atomic mass is 10.1. The van der Waals surface area contributed by atoms with E-state index >= 15 is 0 Å². The van der Waals surface area contributed by atoms with E-state index in [1.54, 1.807) is 19.1 Å². The summed E-state index contributed by atoms with van der Waals surface area (Å²) in [5, 5.41) is 6.85. The molecule has 1 N–H and O–H groups in total. The fourth-order valence-electron chi connectivity index (χ4n) is 3.58. The number of fused-ring (bicyclic) bond motifs is 1. The molecule has 10 nitrogen and oxygen atoms in total. The molecule has 0 atom stereocenters. The molecule has 0 bridgehead atoms. The number of nitrogens with zero attached hydrogens (tertiary/aromatic N) is 2. The Bertz CT molecular complexity index is 1410. The summed E-state index contributed by atoms with van der Waals surface area (Å²) < 4.78 is 39.7. The molecule has 2 aromatic carbocycles. The third-order valence-electron chi connectivity index (χ3n) is 5.26. The van der Waals surface area contributed by atoms with Crippen LogP contribution in [-0.4, -0.2) is 50.0 Å². The number of hydrogen-bond acceptors (Lipinski definition) is 9. The summed E-state index contributed by atoms with van der Waals surface area (Å²) in [5.41, 5.74) is 1.91. The first-order valence-electron chi connectivity index (χ1n) is 10.6. The first-order valence-corrected chi connectivity index (χ1v) is 10.6. The predicted octanol–water partition coefficient (Wildman–Crippen LogP) is 4.16. The second-order valence-electron chi connectivity index (χ2n) is 7.55. The van der Waals surface area contributed by atoms with Gasteiger partial charge in [0.1, 0.15) is 5.82 Å². The fourth-order valence-corrected chi connectivity index (χ4v) is 3.58. The molecule has 4 aromatic rings. The minimum absolute atomic E-state index is 0.110. The smallest absolute Gasteiger partial charge is 0.339 e. The largest absolute Gasteiger partial charge is 0.493 e. The number of nitrogens with one attached hydrogen (secondary N) is 1. The van der Waals surface area contributed by atoms with Gasteiger partial charge in [-0.15, -0.1) is 0 Å². The van der Waals surface area contributed by atoms with Gasteiger partial charge in [0.2, 0.25) is 5.75 Å². The number of methoxy groups -OCH3 is 3. The van der Waals surface area contributed by atoms with Crippen LogP contribution in [0.15, 0.2) is 47.0 Å². The van der Waals surface area contributed by atoms with Gasteiger partial charge in [-0.1, -0.05) is 5.16 Å². The number of aryl methyl sites for hydroxylation is 1. The number of esters is 1. The molecule has 0 aliphatic rings. The minimum Gasteiger partial charge on any atom is -0.493 e. The van der Waals surface area contributed by atoms with Crippen LogP contribution in [0.25, 0.3) is 22.4 Å². The van der Waals surface area contributed by atoms with Crippen molar-refractivity contribution in [2.24, 2.45) is 0 Å². The highest BCUT2D eigenvalue weighted by molar-refractivity contribution is 6.05. The Morgan fingerprint density at radius 1 is 1.00 bits per heavy atom. The lowest BCUT2D eigenvalue weighted by molar-refractivity contribution is -0.119. The Morgan fingerprint density at radius 3 is 2.28 bits per heavy atom. The Labute approximate surface area is 204 Å². The average molecular weight is 495 g/mol. The molecule has 1 amide bonds. The van der Waals surface area contributed by atoms with Crippen LogP contribution < -0.4 is 19.5 Å². The maximum absolute atomic E-state index is 13.3. The molecule has 186 valence electrons. The van der Waals surface area contributed by atoms with Crippen LogP contribution in [0.5, 0.6) is 17.2 Å². The van der Waals surface area contributed by atoms with Gasteiger partial charge >= 0.3 is 5.97 Å². The maximum atomic E-state index is 13.3. The highest BCUT2D eigenvalue weighted by Gasteiger charge is 2.22. The molecule has 0 aliphatic carbocycles. The molecule has 4 rings (SSSR count). The van der Waals surface area contributed by atoms with Crippen molar-refractivity contribution < 1.29 is 37.5 Å². The summed E-state index contributed by atoms with van der Waals surface area (Å²) in [7, 11) is 4.37. The summed E-state index contributed by atoms with van der Waals surface area (Å²) >= 11 is 0. The van der Waals surface area contributed by atoms with E-state index in [0.29, 0.717) is 45.3 Å². The highest BCUT2D eigenvalue weighted by Crippen LogP contribution is 2.40. The molecule has 0 saturated carbocycles. The first kappa shape index (κ1) is 24.5. The van der Waals surface area contributed by atoms with Crippen LogP contribution >= 0.6 is 0 Å². The Hall–Kier alpha value is -4.67. The normalized spacial score (nSPS) is 10.7. The number of halogens is 1. The zero-order valence-electron chi connectivity index (χ0n) is 19.9. The molecule has 0 unspecified atom stereocenters. The number of hydrogen-bond donors (Lipinski definition) is 1. The van der Waals surface area contributed by atoms with Gasteiger partial charge in [0.15, 0.2) is 18.1 Å². The van der Waals surface area contributed by atoms with Gasteiger partial charge in [-0.3, -0.25) is 4.79 Å². The highest BCUT2D eigenvalue weighted by atomic mass is 19.1. The number of carbonyl (C=O) groups is 2. The lowest BCUT2D eigenvalue weighted by Gasteiger charge is -2.14. The van der Waals surface area contributed by atoms with Gasteiger partial charge in [-0.2, -0.15) is 0 Å². The molecular formula is C25H22FN3O7. The molecule has 0 spiro atoms. The summed E-state index contributed by atoms with van der Waals surface area (Å²) in [6.07, 6.45) is 0. The van der Waals surface area contributed by atoms with Gasteiger partial charge in [-0.05, 0) is 37.3 Å². The topological polar surface area (TPSA) is 122 Å². The van der Waals surface area contributed by atoms with E-state index in [2.05, 4.69) is 15.5 Å². The Balaban J connectivity index is 1.54. The van der Waals surface area contributed by atoms with E-state index in [0.717, 1.165) is 0 Å². The number of aromatic nitrogens is 2. The Morgan fingerprint density at radius 2 is 1.67 bits per heavy atom. The number of pyridine rings is 1. The zero-order valence-corrected chi connectivity index (χ0v) is 19.9. The Kier molecular flexibility index (Phi) is 7.00. The second-order valence-corrected chi connectivity index (χ2v) is 7.55. The number of rotatable bonds is 8. The number of amides is 1. The van der Waals surface area contributed by atoms with Crippen molar-refractivity contribution in [3.05, 3.63) is 59.5 Å². The van der Waals surface area contributed by atoms with Crippen LogP contribution in [-0.2, 0) is 9.53 Å². The summed E-state index contributed by atoms with van der Waals surface area (Å²) in [4.78, 5) is 29.9. The molecule has 36 heavy (non-hydrogen) atoms. The molecule has 0 radical (unpaired) electrons. The number of carbonyl (C=O) groups excluding carboxylic acids is 2. The van der Waals surface area contributed by atoms with Gasteiger partial charge in [0.25, 0.3) is 11.6 Å². The minimum atomic E-state index is -0.780. The molecular weight excluding hydrogens is 473 g/mol. The van der Waals surface area contributed by atoms with Crippen LogP contribution in [0.3, 0.4) is 0 Å². The van der Waals surface area contributed by atoms with Crippen molar-refractivity contribution >= 4 is 28.7 Å². The van der Waals surface area contributed by atoms with Crippen molar-refractivity contribution in [3.63, 3.8) is 0 Å². The van der Waals surface area contributed by atoms with Crippen molar-refractivity contribution in [1.82, 2.24) is 10.1 Å². The van der Waals surface area contributed by atoms with E-state index in [4.69, 9.17) is 23.5 Å². The van der Waals surface area contributed by atoms with Crippen molar-refractivity contribution in [3.8, 4) is 28.5 Å². The van der Waals surface area contributed by atoms with E-state index < -0.39 is 24.3 Å². The van der Waals surface area contributed by atoms with Crippen molar-refractivity contribution in [1.29, 1.82) is 0 Å². The van der Waals surface area contributed by atoms with E-state index in [-0.39, 0.29) is 11.3 Å². The van der Waals surface area contributed by atoms with Crippen LogP contribution in [0.2, 0.25) is 0 Å². The third-order valence-corrected chi connectivity index (χ3v) is 5.26. The summed E-state index contributed by atoms with van der Waals surface area (Å²) in [6, 6.07) is 10.2. The van der Waals surface area contributed by atoms with E-state index in [1.165, 1.54) is 51.7 Å². The molecule has 0 fully saturated rings. The zero-order chi connectivity index (χ0) is 25.8. The lowest BCUT2D eigenvalue weighted by Crippen LogP contribution is -2.21. The predicted molar refractivity (Wildman–Crippen MR) is 127 cm³/mol. The fraction of sp³-hybridized carbons (Fsp3) is 0.200. The van der Waals surface area contributed by atoms with E-state index in [9.17, 15) is 14.0 Å². The molecule has 2 heterocycles. The van der Waals surface area contributed by atoms with Gasteiger partial charge < -0.3 is 28.8 Å². The second kappa shape index (κ2) is 10.3. The summed E-state index contributed by atoms with van der Waals surface area (Å²) in [6.45, 7) is 1.08. The van der Waals surface area contributed by atoms with Crippen molar-refractivity contribution in [2.75, 3.05) is 33.3 Å². The monoisotopic (exact) mass is 495 g/mol. The van der Waals surface area contributed by atoms with Crippen LogP contribution in [0.1, 0.15) is 16.1 Å². The van der Waals surface area contributed by atoms with Crippen LogP contribution in [0.4, 0.5) is 10.1 Å². The van der Waals surface area contributed by atoms with Crippen molar-refractivity contribution in [2.45, 2.75) is 6.92 Å². The van der Waals surface area contributed by atoms with Gasteiger partial charge in [0, 0.05) is 23.4 Å². The number of ether oxygens (including phenoxy) is 4. The SMILES string of the molecule is COc1cc(NC(=O)COC(=O)c2cc(-c3ccc(F)cc3)nc3onc(C)c23)cc(OC)c1OC. The molecule has 0 aliphatic heterocycles. The van der Waals surface area contributed by atoms with Gasteiger partial charge in [0.05, 0.1) is 43.7 Å². The summed E-state index contributed by atoms with van der Waals surface area (Å²) in [5.74, 6) is -0.722. The number of anilines is 1. The molecule has 2 aromatic heterocycles.